The molecular weight excluding hydrogens is 241 g/mol. The predicted molar refractivity (Wildman–Crippen MR) is 46.9 cm³/mol. The average molecular weight is 249 g/mol. The summed E-state index contributed by atoms with van der Waals surface area (Å²) in [5.41, 5.74) is 0. The topological polar surface area (TPSA) is 29.1 Å². The molecule has 2 nitrogen and oxygen atoms in total. The summed E-state index contributed by atoms with van der Waals surface area (Å²) in [4.78, 5) is 10.0. The zero-order valence-electron chi connectivity index (χ0n) is 5.40. The van der Waals surface area contributed by atoms with Gasteiger partial charge in [0, 0.05) is 6.54 Å². The van der Waals surface area contributed by atoms with Crippen LogP contribution in [0.1, 0.15) is 6.92 Å². The van der Waals surface area contributed by atoms with Crippen molar-refractivity contribution in [2.75, 3.05) is 6.54 Å². The van der Waals surface area contributed by atoms with Gasteiger partial charge in [-0.15, -0.1) is 23.2 Å². The van der Waals surface area contributed by atoms with Crippen LogP contribution in [0.15, 0.2) is 0 Å². The largest absolute Gasteiger partial charge is 0.352 e. The third-order valence-electron chi connectivity index (χ3n) is 0.792. The van der Waals surface area contributed by atoms with Crippen molar-refractivity contribution in [1.29, 1.82) is 0 Å². The minimum atomic E-state index is -0.532. The van der Waals surface area contributed by atoms with E-state index in [2.05, 4.69) is 21.2 Å². The van der Waals surface area contributed by atoms with E-state index in [1.54, 1.807) is 6.92 Å². The monoisotopic (exact) mass is 247 g/mol. The molecule has 1 amide bonds. The maximum absolute atomic E-state index is 10.8. The highest BCUT2D eigenvalue weighted by Gasteiger charge is 2.08. The van der Waals surface area contributed by atoms with Crippen LogP contribution in [0.25, 0.3) is 0 Å². The van der Waals surface area contributed by atoms with Crippen molar-refractivity contribution in [2.45, 2.75) is 16.6 Å². The summed E-state index contributed by atoms with van der Waals surface area (Å²) in [6.07, 6.45) is 0. The van der Waals surface area contributed by atoms with E-state index in [1.807, 2.05) is 0 Å². The van der Waals surface area contributed by atoms with E-state index in [9.17, 15) is 4.79 Å². The fourth-order valence-electron chi connectivity index (χ4n) is 0.318. The second kappa shape index (κ2) is 5.22. The van der Waals surface area contributed by atoms with Crippen LogP contribution in [0.5, 0.6) is 0 Å². The van der Waals surface area contributed by atoms with Gasteiger partial charge in [0.05, 0.1) is 4.83 Å². The first-order valence-electron chi connectivity index (χ1n) is 2.74. The van der Waals surface area contributed by atoms with E-state index >= 15 is 0 Å². The van der Waals surface area contributed by atoms with Crippen molar-refractivity contribution in [3.63, 3.8) is 0 Å². The molecule has 0 spiro atoms. The highest BCUT2D eigenvalue weighted by Crippen LogP contribution is 2.00. The van der Waals surface area contributed by atoms with Gasteiger partial charge in [-0.2, -0.15) is 0 Å². The molecule has 0 aliphatic carbocycles. The summed E-state index contributed by atoms with van der Waals surface area (Å²) < 4.78 is 0. The number of nitrogens with one attached hydrogen (secondary N) is 1. The number of amides is 1. The molecular formula is C5H8BrCl2NO. The summed E-state index contributed by atoms with van der Waals surface area (Å²) >= 11 is 13.8. The third kappa shape index (κ3) is 5.33. The van der Waals surface area contributed by atoms with E-state index < -0.39 is 4.84 Å². The first-order chi connectivity index (χ1) is 4.54. The number of carbonyl (C=O) groups is 1. The normalized spacial score (nSPS) is 13.3. The van der Waals surface area contributed by atoms with Crippen molar-refractivity contribution in [3.8, 4) is 0 Å². The lowest BCUT2D eigenvalue weighted by atomic mass is 10.4. The maximum atomic E-state index is 10.8. The molecule has 0 saturated heterocycles. The number of hydrogen-bond acceptors (Lipinski definition) is 1. The van der Waals surface area contributed by atoms with Crippen molar-refractivity contribution in [1.82, 2.24) is 5.32 Å². The molecule has 0 heterocycles. The molecule has 1 unspecified atom stereocenters. The Bertz CT molecular complexity index is 118. The first kappa shape index (κ1) is 10.5. The Labute approximate surface area is 78.4 Å². The van der Waals surface area contributed by atoms with Gasteiger partial charge in [-0.25, -0.2) is 0 Å². The summed E-state index contributed by atoms with van der Waals surface area (Å²) in [6.45, 7) is 2.02. The van der Waals surface area contributed by atoms with Crippen molar-refractivity contribution < 1.29 is 4.79 Å². The standard InChI is InChI=1S/C5H8BrCl2NO/c1-3(6)5(10)9-2-4(7)8/h3-4H,2H2,1H3,(H,9,10). The van der Waals surface area contributed by atoms with Crippen LogP contribution in [-0.2, 0) is 4.79 Å². The number of rotatable bonds is 3. The Balaban J connectivity index is 3.40. The van der Waals surface area contributed by atoms with Gasteiger partial charge in [-0.3, -0.25) is 4.79 Å². The van der Waals surface area contributed by atoms with Gasteiger partial charge in [0.2, 0.25) is 5.91 Å². The van der Waals surface area contributed by atoms with Crippen molar-refractivity contribution >= 4 is 45.0 Å². The molecule has 60 valence electrons. The van der Waals surface area contributed by atoms with Crippen LogP contribution in [0.2, 0.25) is 0 Å². The molecule has 0 aliphatic heterocycles. The van der Waals surface area contributed by atoms with E-state index in [0.717, 1.165) is 0 Å². The van der Waals surface area contributed by atoms with Crippen LogP contribution in [0.4, 0.5) is 0 Å². The van der Waals surface area contributed by atoms with E-state index in [1.165, 1.54) is 0 Å². The average Bonchev–Trinajstić information content (AvgIpc) is 1.82. The van der Waals surface area contributed by atoms with Crippen LogP contribution in [0.3, 0.4) is 0 Å². The first-order valence-corrected chi connectivity index (χ1v) is 4.53. The van der Waals surface area contributed by atoms with Crippen molar-refractivity contribution in [2.24, 2.45) is 0 Å². The Hall–Kier alpha value is 0.530. The smallest absolute Gasteiger partial charge is 0.233 e. The van der Waals surface area contributed by atoms with Crippen LogP contribution >= 0.6 is 39.1 Å². The fraction of sp³-hybridized carbons (Fsp3) is 0.800. The molecule has 0 fully saturated rings. The molecule has 0 aromatic carbocycles. The summed E-state index contributed by atoms with van der Waals surface area (Å²) in [5.74, 6) is -0.105. The summed E-state index contributed by atoms with van der Waals surface area (Å²) in [7, 11) is 0. The van der Waals surface area contributed by atoms with Crippen LogP contribution < -0.4 is 5.32 Å². The molecule has 1 atom stereocenters. The molecule has 0 aromatic rings. The van der Waals surface area contributed by atoms with Gasteiger partial charge in [0.25, 0.3) is 0 Å². The highest BCUT2D eigenvalue weighted by atomic mass is 79.9. The lowest BCUT2D eigenvalue weighted by Gasteiger charge is -2.05. The summed E-state index contributed by atoms with van der Waals surface area (Å²) in [6, 6.07) is 0. The number of alkyl halides is 3. The SMILES string of the molecule is CC(Br)C(=O)NCC(Cl)Cl. The molecule has 10 heavy (non-hydrogen) atoms. The molecule has 1 N–H and O–H groups in total. The van der Waals surface area contributed by atoms with Crippen LogP contribution in [0, 0.1) is 0 Å². The zero-order valence-corrected chi connectivity index (χ0v) is 8.50. The zero-order chi connectivity index (χ0) is 8.15. The summed E-state index contributed by atoms with van der Waals surface area (Å²) in [5, 5.41) is 2.53. The minimum absolute atomic E-state index is 0.105. The molecule has 0 aromatic heterocycles. The number of carbonyl (C=O) groups excluding carboxylic acids is 1. The van der Waals surface area contributed by atoms with E-state index in [0.29, 0.717) is 0 Å². The predicted octanol–water partition coefficient (Wildman–Crippen LogP) is 1.69. The highest BCUT2D eigenvalue weighted by molar-refractivity contribution is 9.10. The maximum Gasteiger partial charge on any atom is 0.233 e. The van der Waals surface area contributed by atoms with Gasteiger partial charge >= 0.3 is 0 Å². The van der Waals surface area contributed by atoms with Gasteiger partial charge in [-0.1, -0.05) is 15.9 Å². The number of halogens is 3. The number of hydrogen-bond donors (Lipinski definition) is 1. The lowest BCUT2D eigenvalue weighted by Crippen LogP contribution is -2.32. The third-order valence-corrected chi connectivity index (χ3v) is 1.52. The second-order valence-corrected chi connectivity index (χ2v) is 4.40. The van der Waals surface area contributed by atoms with Gasteiger partial charge in [0.15, 0.2) is 0 Å². The molecule has 0 rings (SSSR count). The van der Waals surface area contributed by atoms with Gasteiger partial charge < -0.3 is 5.32 Å². The molecule has 0 aliphatic rings. The lowest BCUT2D eigenvalue weighted by molar-refractivity contribution is -0.120. The molecule has 0 bridgehead atoms. The molecule has 0 radical (unpaired) electrons. The minimum Gasteiger partial charge on any atom is -0.352 e. The molecule has 0 saturated carbocycles. The van der Waals surface area contributed by atoms with Crippen molar-refractivity contribution in [3.05, 3.63) is 0 Å². The van der Waals surface area contributed by atoms with Gasteiger partial charge in [-0.05, 0) is 6.92 Å². The van der Waals surface area contributed by atoms with E-state index in [-0.39, 0.29) is 17.3 Å². The van der Waals surface area contributed by atoms with Gasteiger partial charge in [0.1, 0.15) is 4.84 Å². The Morgan fingerprint density at radius 1 is 1.70 bits per heavy atom. The Morgan fingerprint density at radius 3 is 2.50 bits per heavy atom. The van der Waals surface area contributed by atoms with Crippen LogP contribution in [-0.4, -0.2) is 22.1 Å². The Kier molecular flexibility index (Phi) is 5.49. The molecule has 5 heteroatoms. The fourth-order valence-corrected chi connectivity index (χ4v) is 0.635. The van der Waals surface area contributed by atoms with E-state index in [4.69, 9.17) is 23.2 Å². The second-order valence-electron chi connectivity index (χ2n) is 1.75. The Morgan fingerprint density at radius 2 is 2.20 bits per heavy atom. The quantitative estimate of drug-likeness (QED) is 0.757.